The molecule has 0 aliphatic heterocycles. The second kappa shape index (κ2) is 5.78. The number of aliphatic carboxylic acids is 1. The van der Waals surface area contributed by atoms with E-state index in [2.05, 4.69) is 36.2 Å². The molecule has 2 aromatic rings. The van der Waals surface area contributed by atoms with Gasteiger partial charge < -0.3 is 5.11 Å². The summed E-state index contributed by atoms with van der Waals surface area (Å²) in [5.74, 6) is -0.746. The summed E-state index contributed by atoms with van der Waals surface area (Å²) in [6, 6.07) is 8.27. The van der Waals surface area contributed by atoms with Gasteiger partial charge in [0.05, 0.1) is 5.69 Å². The first-order chi connectivity index (χ1) is 8.65. The zero-order chi connectivity index (χ0) is 13.0. The van der Waals surface area contributed by atoms with Gasteiger partial charge >= 0.3 is 5.97 Å². The van der Waals surface area contributed by atoms with E-state index in [4.69, 9.17) is 5.11 Å². The van der Waals surface area contributed by atoms with Crippen molar-refractivity contribution in [1.29, 1.82) is 0 Å². The first-order valence-corrected chi connectivity index (χ1v) is 6.76. The lowest BCUT2D eigenvalue weighted by molar-refractivity contribution is -0.137. The second-order valence-corrected chi connectivity index (χ2v) is 5.12. The van der Waals surface area contributed by atoms with Crippen molar-refractivity contribution in [3.05, 3.63) is 40.9 Å². The van der Waals surface area contributed by atoms with Gasteiger partial charge in [-0.3, -0.25) is 4.79 Å². The van der Waals surface area contributed by atoms with E-state index >= 15 is 0 Å². The SMILES string of the molecule is Cc1ccc(-c2nc(CCCC(=O)O)cs2)cc1. The number of nitrogens with zero attached hydrogens (tertiary/aromatic N) is 1. The van der Waals surface area contributed by atoms with Crippen LogP contribution in [-0.4, -0.2) is 16.1 Å². The standard InChI is InChI=1S/C14H15NO2S/c1-10-5-7-11(8-6-10)14-15-12(9-18-14)3-2-4-13(16)17/h5-9H,2-4H2,1H3,(H,16,17). The largest absolute Gasteiger partial charge is 0.481 e. The van der Waals surface area contributed by atoms with Crippen LogP contribution in [0.4, 0.5) is 0 Å². The summed E-state index contributed by atoms with van der Waals surface area (Å²) in [5.41, 5.74) is 3.34. The molecule has 18 heavy (non-hydrogen) atoms. The minimum Gasteiger partial charge on any atom is -0.481 e. The topological polar surface area (TPSA) is 50.2 Å². The molecule has 1 aromatic heterocycles. The highest BCUT2D eigenvalue weighted by Crippen LogP contribution is 2.24. The molecule has 0 saturated carbocycles. The van der Waals surface area contributed by atoms with Crippen LogP contribution >= 0.6 is 11.3 Å². The van der Waals surface area contributed by atoms with Gasteiger partial charge in [0, 0.05) is 17.4 Å². The molecule has 1 heterocycles. The average Bonchev–Trinajstić information content (AvgIpc) is 2.78. The summed E-state index contributed by atoms with van der Waals surface area (Å²) in [7, 11) is 0. The Morgan fingerprint density at radius 2 is 2.06 bits per heavy atom. The number of aromatic nitrogens is 1. The maximum absolute atomic E-state index is 10.4. The van der Waals surface area contributed by atoms with Crippen molar-refractivity contribution in [2.75, 3.05) is 0 Å². The smallest absolute Gasteiger partial charge is 0.303 e. The fourth-order valence-corrected chi connectivity index (χ4v) is 2.53. The number of carboxylic acid groups (broad SMARTS) is 1. The molecule has 1 N–H and O–H groups in total. The fourth-order valence-electron chi connectivity index (χ4n) is 1.67. The third-order valence-electron chi connectivity index (χ3n) is 2.67. The monoisotopic (exact) mass is 261 g/mol. The van der Waals surface area contributed by atoms with Crippen LogP contribution in [0.2, 0.25) is 0 Å². The Bertz CT molecular complexity index is 531. The minimum absolute atomic E-state index is 0.206. The Hall–Kier alpha value is -1.68. The molecule has 0 spiro atoms. The molecule has 0 fully saturated rings. The maximum Gasteiger partial charge on any atom is 0.303 e. The lowest BCUT2D eigenvalue weighted by Gasteiger charge is -1.97. The predicted molar refractivity (Wildman–Crippen MR) is 72.9 cm³/mol. The van der Waals surface area contributed by atoms with Gasteiger partial charge in [-0.25, -0.2) is 4.98 Å². The molecule has 0 aliphatic rings. The van der Waals surface area contributed by atoms with Gasteiger partial charge in [0.15, 0.2) is 0 Å². The number of carbonyl (C=O) groups is 1. The van der Waals surface area contributed by atoms with Crippen LogP contribution in [0.3, 0.4) is 0 Å². The third-order valence-corrected chi connectivity index (χ3v) is 3.61. The van der Waals surface area contributed by atoms with Gasteiger partial charge in [-0.15, -0.1) is 11.3 Å². The quantitative estimate of drug-likeness (QED) is 0.895. The van der Waals surface area contributed by atoms with Crippen LogP contribution in [0.25, 0.3) is 10.6 Å². The van der Waals surface area contributed by atoms with E-state index in [9.17, 15) is 4.79 Å². The van der Waals surface area contributed by atoms with E-state index in [-0.39, 0.29) is 6.42 Å². The number of hydrogen-bond donors (Lipinski definition) is 1. The number of thiazole rings is 1. The molecule has 0 radical (unpaired) electrons. The molecule has 3 nitrogen and oxygen atoms in total. The first kappa shape index (κ1) is 12.8. The number of benzene rings is 1. The van der Waals surface area contributed by atoms with E-state index in [1.807, 2.05) is 5.38 Å². The summed E-state index contributed by atoms with van der Waals surface area (Å²) in [6.45, 7) is 2.06. The molecule has 0 amide bonds. The summed E-state index contributed by atoms with van der Waals surface area (Å²) in [5, 5.41) is 11.6. The van der Waals surface area contributed by atoms with Crippen LogP contribution in [0.1, 0.15) is 24.1 Å². The highest BCUT2D eigenvalue weighted by atomic mass is 32.1. The van der Waals surface area contributed by atoms with Gasteiger partial charge in [0.2, 0.25) is 0 Å². The Labute approximate surface area is 110 Å². The second-order valence-electron chi connectivity index (χ2n) is 4.26. The van der Waals surface area contributed by atoms with Crippen molar-refractivity contribution < 1.29 is 9.90 Å². The van der Waals surface area contributed by atoms with Crippen LogP contribution < -0.4 is 0 Å². The van der Waals surface area contributed by atoms with Gasteiger partial charge in [-0.05, 0) is 19.8 Å². The van der Waals surface area contributed by atoms with Crippen molar-refractivity contribution in [3.63, 3.8) is 0 Å². The summed E-state index contributed by atoms with van der Waals surface area (Å²) in [6.07, 6.45) is 1.58. The summed E-state index contributed by atoms with van der Waals surface area (Å²) >= 11 is 1.61. The average molecular weight is 261 g/mol. The van der Waals surface area contributed by atoms with Gasteiger partial charge in [-0.1, -0.05) is 29.8 Å². The number of aryl methyl sites for hydroxylation is 2. The van der Waals surface area contributed by atoms with Crippen LogP contribution in [0, 0.1) is 6.92 Å². The summed E-state index contributed by atoms with van der Waals surface area (Å²) in [4.78, 5) is 15.0. The van der Waals surface area contributed by atoms with Gasteiger partial charge in [0.25, 0.3) is 0 Å². The molecule has 0 unspecified atom stereocenters. The third kappa shape index (κ3) is 3.40. The Kier molecular flexibility index (Phi) is 4.10. The number of rotatable bonds is 5. The molecule has 0 aliphatic carbocycles. The van der Waals surface area contributed by atoms with Crippen molar-refractivity contribution >= 4 is 17.3 Å². The zero-order valence-corrected chi connectivity index (χ0v) is 11.0. The Balaban J connectivity index is 2.01. The number of hydrogen-bond acceptors (Lipinski definition) is 3. The van der Waals surface area contributed by atoms with Crippen molar-refractivity contribution in [3.8, 4) is 10.6 Å². The molecule has 0 atom stereocenters. The number of carboxylic acids is 1. The van der Waals surface area contributed by atoms with E-state index < -0.39 is 5.97 Å². The van der Waals surface area contributed by atoms with Gasteiger partial charge in [0.1, 0.15) is 5.01 Å². The van der Waals surface area contributed by atoms with E-state index in [1.54, 1.807) is 11.3 Å². The molecule has 0 saturated heterocycles. The molecule has 94 valence electrons. The van der Waals surface area contributed by atoms with Crippen LogP contribution in [0.5, 0.6) is 0 Å². The normalized spacial score (nSPS) is 10.5. The zero-order valence-electron chi connectivity index (χ0n) is 10.2. The minimum atomic E-state index is -0.746. The molecular weight excluding hydrogens is 246 g/mol. The highest BCUT2D eigenvalue weighted by Gasteiger charge is 2.05. The molecule has 1 aromatic carbocycles. The van der Waals surface area contributed by atoms with E-state index in [0.29, 0.717) is 6.42 Å². The molecule has 4 heteroatoms. The lowest BCUT2D eigenvalue weighted by Crippen LogP contribution is -1.95. The van der Waals surface area contributed by atoms with Crippen LogP contribution in [-0.2, 0) is 11.2 Å². The van der Waals surface area contributed by atoms with Crippen molar-refractivity contribution in [2.45, 2.75) is 26.2 Å². The van der Waals surface area contributed by atoms with Crippen LogP contribution in [0.15, 0.2) is 29.6 Å². The van der Waals surface area contributed by atoms with Crippen molar-refractivity contribution in [1.82, 2.24) is 4.98 Å². The van der Waals surface area contributed by atoms with E-state index in [0.717, 1.165) is 22.7 Å². The molecule has 2 rings (SSSR count). The lowest BCUT2D eigenvalue weighted by atomic mass is 10.1. The predicted octanol–water partition coefficient (Wildman–Crippen LogP) is 3.53. The van der Waals surface area contributed by atoms with E-state index in [1.165, 1.54) is 5.56 Å². The Morgan fingerprint density at radius 1 is 1.33 bits per heavy atom. The maximum atomic E-state index is 10.4. The van der Waals surface area contributed by atoms with Crippen molar-refractivity contribution in [2.24, 2.45) is 0 Å². The summed E-state index contributed by atoms with van der Waals surface area (Å²) < 4.78 is 0. The Morgan fingerprint density at radius 3 is 2.72 bits per heavy atom. The fraction of sp³-hybridized carbons (Fsp3) is 0.286. The first-order valence-electron chi connectivity index (χ1n) is 5.88. The van der Waals surface area contributed by atoms with Gasteiger partial charge in [-0.2, -0.15) is 0 Å². The molecular formula is C14H15NO2S. The highest BCUT2D eigenvalue weighted by molar-refractivity contribution is 7.13. The molecule has 0 bridgehead atoms.